The summed E-state index contributed by atoms with van der Waals surface area (Å²) >= 11 is 0. The Morgan fingerprint density at radius 1 is 1.14 bits per heavy atom. The fourth-order valence-corrected chi connectivity index (χ4v) is 4.31. The van der Waals surface area contributed by atoms with Crippen molar-refractivity contribution in [1.29, 1.82) is 0 Å². The molecule has 2 aliphatic heterocycles. The topological polar surface area (TPSA) is 40.1 Å². The molecule has 0 aromatic heterocycles. The van der Waals surface area contributed by atoms with Crippen molar-refractivity contribution in [3.8, 4) is 0 Å². The van der Waals surface area contributed by atoms with Gasteiger partial charge in [-0.05, 0) is 56.3 Å². The van der Waals surface area contributed by atoms with Gasteiger partial charge in [0.05, 0.1) is 13.2 Å². The minimum absolute atomic E-state index is 0. The summed E-state index contributed by atoms with van der Waals surface area (Å²) in [5.41, 5.74) is 2.78. The van der Waals surface area contributed by atoms with Crippen LogP contribution in [0.15, 0.2) is 29.3 Å². The number of aliphatic imine (C=N–C) groups is 1. The summed E-state index contributed by atoms with van der Waals surface area (Å²) in [6.45, 7) is 12.6. The number of nitrogens with zero attached hydrogens (tertiary/aromatic N) is 3. The fraction of sp³-hybridized carbons (Fsp3) is 0.696. The van der Waals surface area contributed by atoms with Gasteiger partial charge in [-0.3, -0.25) is 4.90 Å². The maximum absolute atomic E-state index is 5.35. The van der Waals surface area contributed by atoms with Crippen LogP contribution in [0.1, 0.15) is 44.2 Å². The van der Waals surface area contributed by atoms with Crippen molar-refractivity contribution in [2.45, 2.75) is 46.2 Å². The Labute approximate surface area is 194 Å². The highest BCUT2D eigenvalue weighted by atomic mass is 127. The second-order valence-corrected chi connectivity index (χ2v) is 8.45. The minimum atomic E-state index is 0. The van der Waals surface area contributed by atoms with Gasteiger partial charge in [-0.15, -0.1) is 24.0 Å². The van der Waals surface area contributed by atoms with E-state index >= 15 is 0 Å². The molecule has 0 saturated carbocycles. The zero-order valence-corrected chi connectivity index (χ0v) is 20.7. The van der Waals surface area contributed by atoms with Crippen molar-refractivity contribution in [2.75, 3.05) is 46.4 Å². The zero-order chi connectivity index (χ0) is 19.8. The van der Waals surface area contributed by atoms with Gasteiger partial charge in [0.2, 0.25) is 0 Å². The Kier molecular flexibility index (Phi) is 10.7. The van der Waals surface area contributed by atoms with Gasteiger partial charge < -0.3 is 15.0 Å². The number of piperidine rings is 1. The molecule has 2 heterocycles. The third kappa shape index (κ3) is 7.40. The van der Waals surface area contributed by atoms with Gasteiger partial charge in [0.25, 0.3) is 0 Å². The van der Waals surface area contributed by atoms with Gasteiger partial charge in [0.15, 0.2) is 5.96 Å². The monoisotopic (exact) mass is 514 g/mol. The standard InChI is InChI=1S/C23H38N4O.HI/c1-4-24-23(27-14-11-20(16-27)18-28-3)25-15-21-7-5-6-8-22(21)17-26-12-9-19(2)10-13-26;/h5-8,19-20H,4,9-18H2,1-3H3,(H,24,25);1H. The average Bonchev–Trinajstić information content (AvgIpc) is 3.17. The average molecular weight is 514 g/mol. The van der Waals surface area contributed by atoms with Gasteiger partial charge in [0.1, 0.15) is 0 Å². The van der Waals surface area contributed by atoms with Crippen LogP contribution in [0.25, 0.3) is 0 Å². The number of hydrogen-bond acceptors (Lipinski definition) is 3. The lowest BCUT2D eigenvalue weighted by molar-refractivity contribution is 0.157. The Morgan fingerprint density at radius 2 is 1.86 bits per heavy atom. The van der Waals surface area contributed by atoms with Crippen molar-refractivity contribution in [1.82, 2.24) is 15.1 Å². The Hall–Kier alpha value is -0.860. The fourth-order valence-electron chi connectivity index (χ4n) is 4.31. The molecule has 2 aliphatic rings. The number of guanidine groups is 1. The van der Waals surface area contributed by atoms with E-state index in [1.165, 1.54) is 43.5 Å². The van der Waals surface area contributed by atoms with Crippen LogP contribution in [0, 0.1) is 11.8 Å². The van der Waals surface area contributed by atoms with Crippen LogP contribution in [0.5, 0.6) is 0 Å². The van der Waals surface area contributed by atoms with Gasteiger partial charge in [0, 0.05) is 39.2 Å². The van der Waals surface area contributed by atoms with Gasteiger partial charge in [-0.2, -0.15) is 0 Å². The van der Waals surface area contributed by atoms with E-state index in [1.807, 2.05) is 0 Å². The highest BCUT2D eigenvalue weighted by molar-refractivity contribution is 14.0. The summed E-state index contributed by atoms with van der Waals surface area (Å²) in [6.07, 6.45) is 3.83. The molecule has 0 bridgehead atoms. The summed E-state index contributed by atoms with van der Waals surface area (Å²) in [4.78, 5) is 9.99. The number of methoxy groups -OCH3 is 1. The van der Waals surface area contributed by atoms with Crippen LogP contribution < -0.4 is 5.32 Å². The molecule has 1 N–H and O–H groups in total. The van der Waals surface area contributed by atoms with E-state index in [9.17, 15) is 0 Å². The van der Waals surface area contributed by atoms with Crippen LogP contribution in [0.3, 0.4) is 0 Å². The molecular weight excluding hydrogens is 475 g/mol. The number of hydrogen-bond donors (Lipinski definition) is 1. The third-order valence-electron chi connectivity index (χ3n) is 6.11. The van der Waals surface area contributed by atoms with Crippen molar-refractivity contribution < 1.29 is 4.74 Å². The van der Waals surface area contributed by atoms with Crippen molar-refractivity contribution in [3.63, 3.8) is 0 Å². The number of halogens is 1. The first-order valence-corrected chi connectivity index (χ1v) is 11.0. The smallest absolute Gasteiger partial charge is 0.194 e. The SMILES string of the molecule is CCNC(=NCc1ccccc1CN1CCC(C)CC1)N1CCC(COC)C1.I. The van der Waals surface area contributed by atoms with Crippen molar-refractivity contribution >= 4 is 29.9 Å². The molecule has 1 atom stereocenters. The lowest BCUT2D eigenvalue weighted by atomic mass is 9.98. The number of benzene rings is 1. The van der Waals surface area contributed by atoms with Crippen LogP contribution in [-0.2, 0) is 17.8 Å². The molecule has 6 heteroatoms. The first-order valence-electron chi connectivity index (χ1n) is 11.0. The molecular formula is C23H39IN4O. The number of ether oxygens (including phenoxy) is 1. The van der Waals surface area contributed by atoms with Crippen LogP contribution in [-0.4, -0.2) is 62.2 Å². The first-order chi connectivity index (χ1) is 13.7. The largest absolute Gasteiger partial charge is 0.384 e. The summed E-state index contributed by atoms with van der Waals surface area (Å²) < 4.78 is 5.35. The molecule has 0 spiro atoms. The molecule has 1 aromatic rings. The molecule has 2 fully saturated rings. The summed E-state index contributed by atoms with van der Waals surface area (Å²) in [6, 6.07) is 8.83. The Balaban J connectivity index is 0.00000300. The molecule has 0 amide bonds. The first kappa shape index (κ1) is 24.4. The molecule has 1 aromatic carbocycles. The van der Waals surface area contributed by atoms with Gasteiger partial charge in [-0.1, -0.05) is 31.2 Å². The summed E-state index contributed by atoms with van der Waals surface area (Å²) in [7, 11) is 1.79. The highest BCUT2D eigenvalue weighted by Crippen LogP contribution is 2.21. The second-order valence-electron chi connectivity index (χ2n) is 8.45. The molecule has 0 radical (unpaired) electrons. The summed E-state index contributed by atoms with van der Waals surface area (Å²) in [5, 5.41) is 3.49. The molecule has 3 rings (SSSR count). The number of likely N-dealkylation sites (tertiary alicyclic amines) is 2. The summed E-state index contributed by atoms with van der Waals surface area (Å²) in [5.74, 6) is 2.53. The lowest BCUT2D eigenvalue weighted by Crippen LogP contribution is -2.40. The lowest BCUT2D eigenvalue weighted by Gasteiger charge is -2.30. The van der Waals surface area contributed by atoms with E-state index in [1.54, 1.807) is 7.11 Å². The Bertz CT molecular complexity index is 631. The third-order valence-corrected chi connectivity index (χ3v) is 6.11. The maximum Gasteiger partial charge on any atom is 0.194 e. The van der Waals surface area contributed by atoms with Crippen LogP contribution in [0.4, 0.5) is 0 Å². The molecule has 2 saturated heterocycles. The normalized spacial score (nSPS) is 21.3. The van der Waals surface area contributed by atoms with Crippen molar-refractivity contribution in [3.05, 3.63) is 35.4 Å². The second kappa shape index (κ2) is 12.7. The highest BCUT2D eigenvalue weighted by Gasteiger charge is 2.24. The number of rotatable bonds is 7. The van der Waals surface area contributed by atoms with Gasteiger partial charge in [-0.25, -0.2) is 4.99 Å². The van der Waals surface area contributed by atoms with Crippen molar-refractivity contribution in [2.24, 2.45) is 16.8 Å². The van der Waals surface area contributed by atoms with E-state index in [0.717, 1.165) is 51.2 Å². The van der Waals surface area contributed by atoms with E-state index in [-0.39, 0.29) is 24.0 Å². The maximum atomic E-state index is 5.35. The molecule has 5 nitrogen and oxygen atoms in total. The molecule has 0 aliphatic carbocycles. The van der Waals surface area contributed by atoms with E-state index in [2.05, 4.69) is 53.2 Å². The molecule has 29 heavy (non-hydrogen) atoms. The minimum Gasteiger partial charge on any atom is -0.384 e. The molecule has 164 valence electrons. The van der Waals surface area contributed by atoms with E-state index < -0.39 is 0 Å². The molecule has 1 unspecified atom stereocenters. The van der Waals surface area contributed by atoms with E-state index in [0.29, 0.717) is 5.92 Å². The van der Waals surface area contributed by atoms with Crippen LogP contribution in [0.2, 0.25) is 0 Å². The quantitative estimate of drug-likeness (QED) is 0.340. The van der Waals surface area contributed by atoms with E-state index in [4.69, 9.17) is 9.73 Å². The number of nitrogens with one attached hydrogen (secondary N) is 1. The van der Waals surface area contributed by atoms with Gasteiger partial charge >= 0.3 is 0 Å². The predicted octanol–water partition coefficient (Wildman–Crippen LogP) is 3.97. The Morgan fingerprint density at radius 3 is 2.55 bits per heavy atom. The van der Waals surface area contributed by atoms with Crippen LogP contribution >= 0.6 is 24.0 Å². The zero-order valence-electron chi connectivity index (χ0n) is 18.4. The predicted molar refractivity (Wildman–Crippen MR) is 132 cm³/mol.